The Morgan fingerprint density at radius 2 is 0.921 bits per heavy atom. The van der Waals surface area contributed by atoms with Crippen LogP contribution >= 0.6 is 0 Å². The zero-order valence-electron chi connectivity index (χ0n) is 41.8. The topological polar surface area (TPSA) is 65.8 Å². The minimum Gasteiger partial charge on any atom is -0.318 e. The van der Waals surface area contributed by atoms with Gasteiger partial charge in [-0.05, 0) is 108 Å². The molecule has 15 rings (SSSR count). The van der Waals surface area contributed by atoms with Gasteiger partial charge in [-0.3, -0.25) is 4.99 Å². The molecule has 0 spiro atoms. The number of hydrogen-bond acceptors (Lipinski definition) is 4. The quantitative estimate of drug-likeness (QED) is 0.152. The molecule has 7 nitrogen and oxygen atoms in total. The van der Waals surface area contributed by atoms with Crippen LogP contribution in [0.1, 0.15) is 42.2 Å². The zero-order chi connectivity index (χ0) is 50.3. The Balaban J connectivity index is 0.857. The molecule has 2 aliphatic rings. The number of hydrogen-bond donors (Lipinski definition) is 0. The Morgan fingerprint density at radius 3 is 1.50 bits per heavy atom. The molecule has 0 fully saturated rings. The average molecular weight is 976 g/mol. The van der Waals surface area contributed by atoms with Gasteiger partial charge < -0.3 is 13.7 Å². The first-order chi connectivity index (χ1) is 37.5. The third kappa shape index (κ3) is 7.11. The lowest BCUT2D eigenvalue weighted by Crippen LogP contribution is -2.25. The number of allylic oxidation sites excluding steroid dienone is 2. The van der Waals surface area contributed by atoms with E-state index in [1.165, 1.54) is 82.5 Å². The van der Waals surface area contributed by atoms with E-state index in [9.17, 15) is 0 Å². The molecule has 0 amide bonds. The number of rotatable bonds is 8. The third-order valence-electron chi connectivity index (χ3n) is 15.9. The first kappa shape index (κ1) is 43.8. The molecule has 1 aliphatic carbocycles. The van der Waals surface area contributed by atoms with Gasteiger partial charge in [0.2, 0.25) is 0 Å². The van der Waals surface area contributed by atoms with Gasteiger partial charge in [0.15, 0.2) is 17.5 Å². The molecule has 2 unspecified atom stereocenters. The van der Waals surface area contributed by atoms with E-state index in [4.69, 9.17) is 19.9 Å². The zero-order valence-corrected chi connectivity index (χ0v) is 41.8. The van der Waals surface area contributed by atoms with E-state index in [0.717, 1.165) is 34.5 Å². The molecule has 0 saturated heterocycles. The summed E-state index contributed by atoms with van der Waals surface area (Å²) < 4.78 is 7.25. The van der Waals surface area contributed by atoms with Gasteiger partial charge in [0.25, 0.3) is 0 Å². The summed E-state index contributed by atoms with van der Waals surface area (Å²) in [7, 11) is 0. The molecule has 0 bridgehead atoms. The highest BCUT2D eigenvalue weighted by Crippen LogP contribution is 2.46. The number of aliphatic imine (C=N–C) groups is 1. The molecule has 13 aromatic rings. The SMILES string of the molecule is CC1(c2ccc3c(c2)c2ccccc2n3-c2ccccc2)C=Cc2c(c3cc(-c4ccc5c(c4)c4ccccc4n5-c4ccccc4)ccc3n2C2CC=C(c3nc(-c4ccccc4)nc(-c4ccccc4)n3)C=N2)C1. The van der Waals surface area contributed by atoms with E-state index in [0.29, 0.717) is 23.9 Å². The fourth-order valence-electron chi connectivity index (χ4n) is 12.1. The molecule has 4 aromatic heterocycles. The molecule has 0 saturated carbocycles. The first-order valence-corrected chi connectivity index (χ1v) is 26.2. The van der Waals surface area contributed by atoms with Crippen LogP contribution in [-0.4, -0.2) is 34.9 Å². The minimum absolute atomic E-state index is 0.181. The summed E-state index contributed by atoms with van der Waals surface area (Å²) in [5.74, 6) is 1.89. The van der Waals surface area contributed by atoms with Crippen LogP contribution in [-0.2, 0) is 11.8 Å². The minimum atomic E-state index is -0.293. The van der Waals surface area contributed by atoms with Gasteiger partial charge in [-0.25, -0.2) is 15.0 Å². The Labute approximate surface area is 439 Å². The summed E-state index contributed by atoms with van der Waals surface area (Å²) in [5, 5.41) is 6.24. The first-order valence-electron chi connectivity index (χ1n) is 26.2. The van der Waals surface area contributed by atoms with Crippen LogP contribution in [0.3, 0.4) is 0 Å². The van der Waals surface area contributed by atoms with E-state index < -0.39 is 0 Å². The van der Waals surface area contributed by atoms with Crippen molar-refractivity contribution < 1.29 is 0 Å². The van der Waals surface area contributed by atoms with Crippen molar-refractivity contribution in [2.24, 2.45) is 4.99 Å². The number of aromatic nitrogens is 6. The summed E-state index contributed by atoms with van der Waals surface area (Å²) in [4.78, 5) is 20.4. The highest BCUT2D eigenvalue weighted by molar-refractivity contribution is 6.12. The lowest BCUT2D eigenvalue weighted by atomic mass is 9.73. The number of dihydropyridines is 1. The maximum atomic E-state index is 5.38. The predicted octanol–water partition coefficient (Wildman–Crippen LogP) is 16.6. The van der Waals surface area contributed by atoms with Gasteiger partial charge in [0.05, 0.1) is 27.6 Å². The van der Waals surface area contributed by atoms with Crippen LogP contribution in [0.4, 0.5) is 0 Å². The molecule has 360 valence electrons. The summed E-state index contributed by atoms with van der Waals surface area (Å²) in [5.41, 5.74) is 17.0. The van der Waals surface area contributed by atoms with Gasteiger partial charge >= 0.3 is 0 Å². The van der Waals surface area contributed by atoms with Crippen molar-refractivity contribution in [2.45, 2.75) is 31.3 Å². The van der Waals surface area contributed by atoms with Crippen molar-refractivity contribution >= 4 is 72.4 Å². The van der Waals surface area contributed by atoms with Gasteiger partial charge in [-0.2, -0.15) is 0 Å². The number of para-hydroxylation sites is 4. The summed E-state index contributed by atoms with van der Waals surface area (Å²) in [6.45, 7) is 2.41. The molecular formula is C69H49N7. The van der Waals surface area contributed by atoms with E-state index in [1.807, 2.05) is 66.9 Å². The second kappa shape index (κ2) is 17.5. The van der Waals surface area contributed by atoms with Crippen molar-refractivity contribution in [2.75, 3.05) is 0 Å². The fourth-order valence-corrected chi connectivity index (χ4v) is 12.1. The Bertz CT molecular complexity index is 4470. The standard InChI is InChI=1S/C69H49N7/c1-69(50-33-36-62-57(42-50)54-27-15-17-29-60(54)75(62)52-24-12-5-13-25-52)39-38-64-58(43-69)56-41-48(47-30-34-61-55(40-47)53-26-14-16-28-59(53)74(61)51-22-10-4-11-23-51)31-35-63(56)76(64)65-37-32-49(44-70-65)68-72-66(45-18-6-2-7-19-45)71-67(73-68)46-20-8-3-9-21-46/h2-36,38-42,44,65H,37,43H2,1H3. The van der Waals surface area contributed by atoms with Crippen LogP contribution in [0.25, 0.3) is 111 Å². The highest BCUT2D eigenvalue weighted by Gasteiger charge is 2.34. The van der Waals surface area contributed by atoms with Gasteiger partial charge in [0, 0.05) is 78.8 Å². The monoisotopic (exact) mass is 975 g/mol. The Kier molecular flexibility index (Phi) is 10.1. The summed E-state index contributed by atoms with van der Waals surface area (Å²) >= 11 is 0. The fraction of sp³-hybridized carbons (Fsp3) is 0.0725. The van der Waals surface area contributed by atoms with E-state index in [2.05, 4.69) is 203 Å². The third-order valence-corrected chi connectivity index (χ3v) is 15.9. The normalized spacial score (nSPS) is 16.3. The maximum absolute atomic E-state index is 5.38. The molecule has 7 heteroatoms. The van der Waals surface area contributed by atoms with Gasteiger partial charge in [-0.1, -0.05) is 171 Å². The number of nitrogens with zero attached hydrogens (tertiary/aromatic N) is 7. The molecule has 5 heterocycles. The van der Waals surface area contributed by atoms with Gasteiger partial charge in [-0.15, -0.1) is 0 Å². The van der Waals surface area contributed by atoms with E-state index >= 15 is 0 Å². The smallest absolute Gasteiger partial charge is 0.165 e. The van der Waals surface area contributed by atoms with E-state index in [-0.39, 0.29) is 11.6 Å². The molecule has 0 radical (unpaired) electrons. The van der Waals surface area contributed by atoms with Crippen LogP contribution in [0.2, 0.25) is 0 Å². The van der Waals surface area contributed by atoms with Gasteiger partial charge in [0.1, 0.15) is 6.17 Å². The summed E-state index contributed by atoms with van der Waals surface area (Å²) in [6, 6.07) is 80.4. The number of fused-ring (bicyclic) bond motifs is 9. The molecule has 0 N–H and O–H groups in total. The predicted molar refractivity (Wildman–Crippen MR) is 313 cm³/mol. The van der Waals surface area contributed by atoms with Crippen molar-refractivity contribution in [1.82, 2.24) is 28.7 Å². The second-order valence-corrected chi connectivity index (χ2v) is 20.4. The largest absolute Gasteiger partial charge is 0.318 e. The second-order valence-electron chi connectivity index (χ2n) is 20.4. The molecule has 76 heavy (non-hydrogen) atoms. The number of benzene rings is 9. The Hall–Kier alpha value is -9.72. The van der Waals surface area contributed by atoms with Crippen LogP contribution < -0.4 is 0 Å². The van der Waals surface area contributed by atoms with Crippen molar-refractivity contribution in [3.63, 3.8) is 0 Å². The molecular weight excluding hydrogens is 927 g/mol. The lowest BCUT2D eigenvalue weighted by molar-refractivity contribution is 0.533. The molecule has 1 aliphatic heterocycles. The highest BCUT2D eigenvalue weighted by atomic mass is 15.1. The molecule has 2 atom stereocenters. The van der Waals surface area contributed by atoms with Crippen LogP contribution in [0.5, 0.6) is 0 Å². The summed E-state index contributed by atoms with van der Waals surface area (Å²) in [6.07, 6.45) is 10.4. The van der Waals surface area contributed by atoms with E-state index in [1.54, 1.807) is 0 Å². The maximum Gasteiger partial charge on any atom is 0.165 e. The van der Waals surface area contributed by atoms with Crippen LogP contribution in [0.15, 0.2) is 242 Å². The molecule has 9 aromatic carbocycles. The van der Waals surface area contributed by atoms with Crippen molar-refractivity contribution in [3.8, 4) is 45.3 Å². The Morgan fingerprint density at radius 1 is 0.434 bits per heavy atom. The van der Waals surface area contributed by atoms with Crippen molar-refractivity contribution in [1.29, 1.82) is 0 Å². The lowest BCUT2D eigenvalue weighted by Gasteiger charge is -2.31. The van der Waals surface area contributed by atoms with Crippen LogP contribution in [0, 0.1) is 0 Å². The average Bonchev–Trinajstić information content (AvgIpc) is 4.22. The van der Waals surface area contributed by atoms with Crippen molar-refractivity contribution in [3.05, 3.63) is 259 Å².